The van der Waals surface area contributed by atoms with Crippen molar-refractivity contribution in [2.75, 3.05) is 13.1 Å². The highest BCUT2D eigenvalue weighted by molar-refractivity contribution is 9.10. The number of nitrogens with two attached hydrogens (primary N) is 1. The lowest BCUT2D eigenvalue weighted by molar-refractivity contribution is 0.0623. The van der Waals surface area contributed by atoms with Crippen molar-refractivity contribution in [2.24, 2.45) is 5.73 Å². The molecule has 0 bridgehead atoms. The van der Waals surface area contributed by atoms with Crippen molar-refractivity contribution in [1.29, 1.82) is 0 Å². The van der Waals surface area contributed by atoms with E-state index >= 15 is 0 Å². The van der Waals surface area contributed by atoms with Gasteiger partial charge in [0.1, 0.15) is 0 Å². The summed E-state index contributed by atoms with van der Waals surface area (Å²) in [4.78, 5) is 14.3. The Kier molecular flexibility index (Phi) is 6.12. The lowest BCUT2D eigenvalue weighted by atomic mass is 10.0. The number of benzene rings is 1. The Morgan fingerprint density at radius 3 is 2.61 bits per heavy atom. The normalized spacial score (nSPS) is 19.2. The van der Waals surface area contributed by atoms with Gasteiger partial charge in [-0.2, -0.15) is 0 Å². The number of carbonyl (C=O) groups excluding carboxylic acids is 1. The summed E-state index contributed by atoms with van der Waals surface area (Å²) >= 11 is 3.37. The molecule has 0 spiro atoms. The van der Waals surface area contributed by atoms with E-state index in [1.807, 2.05) is 29.2 Å². The molecule has 18 heavy (non-hydrogen) atoms. The fourth-order valence-corrected chi connectivity index (χ4v) is 2.54. The Morgan fingerprint density at radius 1 is 1.33 bits per heavy atom. The van der Waals surface area contributed by atoms with Crippen LogP contribution >= 0.6 is 28.3 Å². The number of amides is 1. The number of halogens is 2. The quantitative estimate of drug-likeness (QED) is 0.904. The van der Waals surface area contributed by atoms with Crippen molar-refractivity contribution < 1.29 is 4.79 Å². The van der Waals surface area contributed by atoms with E-state index < -0.39 is 0 Å². The summed E-state index contributed by atoms with van der Waals surface area (Å²) in [5.74, 6) is 0.104. The van der Waals surface area contributed by atoms with Crippen molar-refractivity contribution in [3.63, 3.8) is 0 Å². The molecule has 1 fully saturated rings. The van der Waals surface area contributed by atoms with Crippen LogP contribution in [-0.4, -0.2) is 29.9 Å². The van der Waals surface area contributed by atoms with E-state index in [9.17, 15) is 4.79 Å². The first-order valence-electron chi connectivity index (χ1n) is 5.99. The summed E-state index contributed by atoms with van der Waals surface area (Å²) < 4.78 is 0.989. The zero-order valence-electron chi connectivity index (χ0n) is 10.1. The summed E-state index contributed by atoms with van der Waals surface area (Å²) in [7, 11) is 0. The van der Waals surface area contributed by atoms with Crippen LogP contribution in [0.25, 0.3) is 0 Å². The average Bonchev–Trinajstić information content (AvgIpc) is 2.39. The predicted molar refractivity (Wildman–Crippen MR) is 79.1 cm³/mol. The van der Waals surface area contributed by atoms with Gasteiger partial charge in [-0.1, -0.05) is 15.9 Å². The number of carbonyl (C=O) groups is 1. The standard InChI is InChI=1S/C13H17BrN2O.ClH/c14-11-6-4-10(5-7-11)13(17)16-8-2-1-3-12(16)9-15;/h4-7,12H,1-3,8-9,15H2;1H. The SMILES string of the molecule is Cl.NCC1CCCCN1C(=O)c1ccc(Br)cc1. The number of rotatable bonds is 2. The Bertz CT molecular complexity index is 396. The Morgan fingerprint density at radius 2 is 2.00 bits per heavy atom. The molecule has 1 aliphatic heterocycles. The Balaban J connectivity index is 0.00000162. The van der Waals surface area contributed by atoms with E-state index in [0.717, 1.165) is 29.4 Å². The summed E-state index contributed by atoms with van der Waals surface area (Å²) in [6.07, 6.45) is 3.28. The number of piperidine rings is 1. The first-order valence-corrected chi connectivity index (χ1v) is 6.78. The van der Waals surface area contributed by atoms with Gasteiger partial charge in [0.15, 0.2) is 0 Å². The van der Waals surface area contributed by atoms with Gasteiger partial charge >= 0.3 is 0 Å². The lowest BCUT2D eigenvalue weighted by Crippen LogP contribution is -2.47. The molecule has 5 heteroatoms. The van der Waals surface area contributed by atoms with Gasteiger partial charge in [-0.05, 0) is 43.5 Å². The van der Waals surface area contributed by atoms with Crippen LogP contribution in [0, 0.1) is 0 Å². The van der Waals surface area contributed by atoms with E-state index in [4.69, 9.17) is 5.73 Å². The van der Waals surface area contributed by atoms with Crippen molar-refractivity contribution >= 4 is 34.2 Å². The van der Waals surface area contributed by atoms with Crippen LogP contribution in [0.5, 0.6) is 0 Å². The molecule has 2 N–H and O–H groups in total. The number of nitrogens with zero attached hydrogens (tertiary/aromatic N) is 1. The lowest BCUT2D eigenvalue weighted by Gasteiger charge is -2.35. The van der Waals surface area contributed by atoms with E-state index in [0.29, 0.717) is 6.54 Å². The summed E-state index contributed by atoms with van der Waals surface area (Å²) in [5.41, 5.74) is 6.48. The molecule has 1 saturated heterocycles. The number of hydrogen-bond acceptors (Lipinski definition) is 2. The first kappa shape index (κ1) is 15.5. The molecule has 2 rings (SSSR count). The molecule has 1 aromatic rings. The van der Waals surface area contributed by atoms with Crippen molar-refractivity contribution in [3.8, 4) is 0 Å². The maximum absolute atomic E-state index is 12.3. The number of likely N-dealkylation sites (tertiary alicyclic amines) is 1. The molecule has 1 aromatic carbocycles. The van der Waals surface area contributed by atoms with Crippen LogP contribution in [0.15, 0.2) is 28.7 Å². The molecule has 1 aliphatic rings. The zero-order chi connectivity index (χ0) is 12.3. The second kappa shape index (κ2) is 7.12. The molecule has 3 nitrogen and oxygen atoms in total. The van der Waals surface area contributed by atoms with Gasteiger partial charge in [0.2, 0.25) is 0 Å². The Hall–Kier alpha value is -0.580. The highest BCUT2D eigenvalue weighted by Crippen LogP contribution is 2.20. The van der Waals surface area contributed by atoms with E-state index in [1.165, 1.54) is 6.42 Å². The molecule has 0 saturated carbocycles. The molecular formula is C13H18BrClN2O. The largest absolute Gasteiger partial charge is 0.334 e. The van der Waals surface area contributed by atoms with E-state index in [2.05, 4.69) is 15.9 Å². The maximum atomic E-state index is 12.3. The van der Waals surface area contributed by atoms with Gasteiger partial charge < -0.3 is 10.6 Å². The summed E-state index contributed by atoms with van der Waals surface area (Å²) in [6, 6.07) is 7.71. The minimum absolute atomic E-state index is 0. The predicted octanol–water partition coefficient (Wildman–Crippen LogP) is 2.82. The van der Waals surface area contributed by atoms with Crippen molar-refractivity contribution in [1.82, 2.24) is 4.90 Å². The molecule has 0 aromatic heterocycles. The van der Waals surface area contributed by atoms with Crippen LogP contribution in [-0.2, 0) is 0 Å². The van der Waals surface area contributed by atoms with Crippen LogP contribution < -0.4 is 5.73 Å². The van der Waals surface area contributed by atoms with Crippen molar-refractivity contribution in [3.05, 3.63) is 34.3 Å². The van der Waals surface area contributed by atoms with Crippen molar-refractivity contribution in [2.45, 2.75) is 25.3 Å². The molecular weight excluding hydrogens is 316 g/mol. The highest BCUT2D eigenvalue weighted by atomic mass is 79.9. The van der Waals surface area contributed by atoms with E-state index in [-0.39, 0.29) is 24.4 Å². The van der Waals surface area contributed by atoms with Gasteiger partial charge in [0.05, 0.1) is 0 Å². The highest BCUT2D eigenvalue weighted by Gasteiger charge is 2.26. The average molecular weight is 334 g/mol. The third kappa shape index (κ3) is 3.46. The van der Waals surface area contributed by atoms with Crippen LogP contribution in [0.3, 0.4) is 0 Å². The minimum Gasteiger partial charge on any atom is -0.334 e. The topological polar surface area (TPSA) is 46.3 Å². The first-order chi connectivity index (χ1) is 8.22. The maximum Gasteiger partial charge on any atom is 0.254 e. The van der Waals surface area contributed by atoms with Gasteiger partial charge in [0.25, 0.3) is 5.91 Å². The molecule has 0 aliphatic carbocycles. The van der Waals surface area contributed by atoms with E-state index in [1.54, 1.807) is 0 Å². The van der Waals surface area contributed by atoms with Crippen LogP contribution in [0.2, 0.25) is 0 Å². The molecule has 1 atom stereocenters. The molecule has 1 unspecified atom stereocenters. The summed E-state index contributed by atoms with van der Waals surface area (Å²) in [5, 5.41) is 0. The second-order valence-corrected chi connectivity index (χ2v) is 5.31. The third-order valence-corrected chi connectivity index (χ3v) is 3.78. The van der Waals surface area contributed by atoms with Crippen LogP contribution in [0.1, 0.15) is 29.6 Å². The second-order valence-electron chi connectivity index (χ2n) is 4.39. The smallest absolute Gasteiger partial charge is 0.254 e. The number of hydrogen-bond donors (Lipinski definition) is 1. The zero-order valence-corrected chi connectivity index (χ0v) is 12.5. The minimum atomic E-state index is 0. The monoisotopic (exact) mass is 332 g/mol. The molecule has 100 valence electrons. The van der Waals surface area contributed by atoms with Crippen LogP contribution in [0.4, 0.5) is 0 Å². The molecule has 1 amide bonds. The van der Waals surface area contributed by atoms with Gasteiger partial charge in [0, 0.05) is 29.2 Å². The fourth-order valence-electron chi connectivity index (χ4n) is 2.27. The fraction of sp³-hybridized carbons (Fsp3) is 0.462. The van der Waals surface area contributed by atoms with Gasteiger partial charge in [-0.15, -0.1) is 12.4 Å². The van der Waals surface area contributed by atoms with Gasteiger partial charge in [-0.3, -0.25) is 4.79 Å². The molecule has 1 heterocycles. The molecule has 0 radical (unpaired) electrons. The van der Waals surface area contributed by atoms with Gasteiger partial charge in [-0.25, -0.2) is 0 Å². The Labute approximate surface area is 122 Å². The summed E-state index contributed by atoms with van der Waals surface area (Å²) in [6.45, 7) is 1.39. The third-order valence-electron chi connectivity index (χ3n) is 3.25.